The minimum atomic E-state index is 0.359. The summed E-state index contributed by atoms with van der Waals surface area (Å²) in [5.74, 6) is 1.51. The highest BCUT2D eigenvalue weighted by atomic mass is 16.5. The SMILES string of the molecule is CCCOc1cncc(C(NC)C(CC)CC)c1. The number of aromatic nitrogens is 1. The normalized spacial score (nSPS) is 12.7. The van der Waals surface area contributed by atoms with Gasteiger partial charge in [0.05, 0.1) is 12.8 Å². The van der Waals surface area contributed by atoms with Crippen LogP contribution in [0.2, 0.25) is 0 Å². The highest BCUT2D eigenvalue weighted by molar-refractivity contribution is 5.26. The minimum absolute atomic E-state index is 0.359. The van der Waals surface area contributed by atoms with Crippen LogP contribution in [0.15, 0.2) is 18.5 Å². The van der Waals surface area contributed by atoms with Gasteiger partial charge in [0.2, 0.25) is 0 Å². The van der Waals surface area contributed by atoms with Crippen LogP contribution in [0, 0.1) is 5.92 Å². The van der Waals surface area contributed by atoms with Gasteiger partial charge < -0.3 is 10.1 Å². The number of nitrogens with one attached hydrogen (secondary N) is 1. The third kappa shape index (κ3) is 3.98. The summed E-state index contributed by atoms with van der Waals surface area (Å²) in [5, 5.41) is 3.41. The Morgan fingerprint density at radius 1 is 1.22 bits per heavy atom. The average Bonchev–Trinajstić information content (AvgIpc) is 2.42. The maximum Gasteiger partial charge on any atom is 0.137 e. The average molecular weight is 250 g/mol. The van der Waals surface area contributed by atoms with Gasteiger partial charge in [-0.1, -0.05) is 33.6 Å². The van der Waals surface area contributed by atoms with Crippen LogP contribution in [0.5, 0.6) is 5.75 Å². The summed E-state index contributed by atoms with van der Waals surface area (Å²) < 4.78 is 5.65. The lowest BCUT2D eigenvalue weighted by Gasteiger charge is -2.25. The van der Waals surface area contributed by atoms with Crippen LogP contribution in [-0.2, 0) is 0 Å². The topological polar surface area (TPSA) is 34.1 Å². The van der Waals surface area contributed by atoms with Gasteiger partial charge in [-0.25, -0.2) is 0 Å². The van der Waals surface area contributed by atoms with Crippen molar-refractivity contribution in [3.05, 3.63) is 24.0 Å². The molecule has 102 valence electrons. The summed E-state index contributed by atoms with van der Waals surface area (Å²) in [5.41, 5.74) is 1.22. The maximum absolute atomic E-state index is 5.65. The van der Waals surface area contributed by atoms with Gasteiger partial charge in [0.25, 0.3) is 0 Å². The first kappa shape index (κ1) is 15.0. The van der Waals surface area contributed by atoms with Crippen LogP contribution in [-0.4, -0.2) is 18.6 Å². The second-order valence-electron chi connectivity index (χ2n) is 4.65. The van der Waals surface area contributed by atoms with Gasteiger partial charge in [0.15, 0.2) is 0 Å². The molecule has 0 fully saturated rings. The molecule has 1 atom stereocenters. The van der Waals surface area contributed by atoms with Crippen LogP contribution >= 0.6 is 0 Å². The van der Waals surface area contributed by atoms with Crippen molar-refractivity contribution in [2.24, 2.45) is 5.92 Å². The Hall–Kier alpha value is -1.09. The van der Waals surface area contributed by atoms with Crippen molar-refractivity contribution >= 4 is 0 Å². The van der Waals surface area contributed by atoms with Gasteiger partial charge in [-0.05, 0) is 31.0 Å². The molecule has 1 unspecified atom stereocenters. The fourth-order valence-corrected chi connectivity index (χ4v) is 2.34. The zero-order chi connectivity index (χ0) is 13.4. The molecular weight excluding hydrogens is 224 g/mol. The molecule has 0 saturated carbocycles. The lowest BCUT2D eigenvalue weighted by atomic mass is 9.90. The van der Waals surface area contributed by atoms with E-state index in [-0.39, 0.29) is 0 Å². The predicted octanol–water partition coefficient (Wildman–Crippen LogP) is 3.57. The first-order chi connectivity index (χ1) is 8.76. The van der Waals surface area contributed by atoms with Gasteiger partial charge in [-0.3, -0.25) is 4.98 Å². The molecule has 0 aliphatic rings. The van der Waals surface area contributed by atoms with Crippen LogP contribution < -0.4 is 10.1 Å². The predicted molar refractivity (Wildman–Crippen MR) is 75.9 cm³/mol. The monoisotopic (exact) mass is 250 g/mol. The zero-order valence-electron chi connectivity index (χ0n) is 12.1. The molecule has 1 aromatic heterocycles. The molecule has 0 aliphatic carbocycles. The zero-order valence-corrected chi connectivity index (χ0v) is 12.1. The highest BCUT2D eigenvalue weighted by Gasteiger charge is 2.19. The summed E-state index contributed by atoms with van der Waals surface area (Å²) in [6.45, 7) is 7.34. The molecule has 3 heteroatoms. The van der Waals surface area contributed by atoms with Crippen molar-refractivity contribution in [3.63, 3.8) is 0 Å². The number of pyridine rings is 1. The van der Waals surface area contributed by atoms with Gasteiger partial charge in [0, 0.05) is 12.2 Å². The number of nitrogens with zero attached hydrogens (tertiary/aromatic N) is 1. The van der Waals surface area contributed by atoms with Crippen molar-refractivity contribution < 1.29 is 4.74 Å². The van der Waals surface area contributed by atoms with E-state index in [1.807, 2.05) is 13.2 Å². The van der Waals surface area contributed by atoms with Crippen molar-refractivity contribution in [2.45, 2.75) is 46.1 Å². The van der Waals surface area contributed by atoms with E-state index in [2.05, 4.69) is 37.1 Å². The van der Waals surface area contributed by atoms with E-state index in [0.29, 0.717) is 12.0 Å². The Morgan fingerprint density at radius 3 is 2.50 bits per heavy atom. The molecule has 1 heterocycles. The van der Waals surface area contributed by atoms with Crippen LogP contribution in [0.25, 0.3) is 0 Å². The smallest absolute Gasteiger partial charge is 0.137 e. The Labute approximate surface area is 111 Å². The maximum atomic E-state index is 5.65. The largest absolute Gasteiger partial charge is 0.492 e. The van der Waals surface area contributed by atoms with Crippen molar-refractivity contribution in [3.8, 4) is 5.75 Å². The number of rotatable bonds is 8. The molecule has 18 heavy (non-hydrogen) atoms. The number of hydrogen-bond donors (Lipinski definition) is 1. The molecule has 0 bridgehead atoms. The summed E-state index contributed by atoms with van der Waals surface area (Å²) >= 11 is 0. The minimum Gasteiger partial charge on any atom is -0.492 e. The lowest BCUT2D eigenvalue weighted by molar-refractivity contribution is 0.313. The second kappa shape index (κ2) is 8.09. The van der Waals surface area contributed by atoms with E-state index < -0.39 is 0 Å². The van der Waals surface area contributed by atoms with Crippen molar-refractivity contribution in [1.29, 1.82) is 0 Å². The third-order valence-electron chi connectivity index (χ3n) is 3.40. The lowest BCUT2D eigenvalue weighted by Crippen LogP contribution is -2.24. The quantitative estimate of drug-likeness (QED) is 0.766. The molecule has 1 N–H and O–H groups in total. The summed E-state index contributed by atoms with van der Waals surface area (Å²) in [7, 11) is 2.02. The first-order valence-corrected chi connectivity index (χ1v) is 7.01. The van der Waals surface area contributed by atoms with Crippen molar-refractivity contribution in [1.82, 2.24) is 10.3 Å². The molecule has 3 nitrogen and oxygen atoms in total. The van der Waals surface area contributed by atoms with Crippen LogP contribution in [0.4, 0.5) is 0 Å². The third-order valence-corrected chi connectivity index (χ3v) is 3.40. The Bertz CT molecular complexity index is 337. The number of ether oxygens (including phenoxy) is 1. The van der Waals surface area contributed by atoms with E-state index in [1.165, 1.54) is 18.4 Å². The fourth-order valence-electron chi connectivity index (χ4n) is 2.34. The highest BCUT2D eigenvalue weighted by Crippen LogP contribution is 2.28. The molecule has 0 radical (unpaired) electrons. The Balaban J connectivity index is 2.84. The summed E-state index contributed by atoms with van der Waals surface area (Å²) in [6, 6.07) is 2.47. The molecule has 1 rings (SSSR count). The van der Waals surface area contributed by atoms with E-state index in [9.17, 15) is 0 Å². The Kier molecular flexibility index (Phi) is 6.73. The van der Waals surface area contributed by atoms with Crippen molar-refractivity contribution in [2.75, 3.05) is 13.7 Å². The number of hydrogen-bond acceptors (Lipinski definition) is 3. The molecule has 0 aromatic carbocycles. The van der Waals surface area contributed by atoms with Gasteiger partial charge in [-0.2, -0.15) is 0 Å². The first-order valence-electron chi connectivity index (χ1n) is 7.01. The molecule has 0 saturated heterocycles. The van der Waals surface area contributed by atoms with Gasteiger partial charge >= 0.3 is 0 Å². The standard InChI is InChI=1S/C15H26N2O/c1-5-8-18-14-9-13(10-17-11-14)15(16-4)12(6-2)7-3/h9-12,15-16H,5-8H2,1-4H3. The van der Waals surface area contributed by atoms with Crippen LogP contribution in [0.1, 0.15) is 51.6 Å². The fraction of sp³-hybridized carbons (Fsp3) is 0.667. The van der Waals surface area contributed by atoms with Gasteiger partial charge in [-0.15, -0.1) is 0 Å². The van der Waals surface area contributed by atoms with E-state index in [4.69, 9.17) is 4.74 Å². The van der Waals surface area contributed by atoms with Gasteiger partial charge in [0.1, 0.15) is 5.75 Å². The second-order valence-corrected chi connectivity index (χ2v) is 4.65. The molecule has 0 aliphatic heterocycles. The van der Waals surface area contributed by atoms with Crippen LogP contribution in [0.3, 0.4) is 0 Å². The van der Waals surface area contributed by atoms with E-state index in [1.54, 1.807) is 6.20 Å². The van der Waals surface area contributed by atoms with E-state index in [0.717, 1.165) is 18.8 Å². The summed E-state index contributed by atoms with van der Waals surface area (Å²) in [6.07, 6.45) is 7.09. The molecule has 1 aromatic rings. The Morgan fingerprint density at radius 2 is 1.94 bits per heavy atom. The summed E-state index contributed by atoms with van der Waals surface area (Å²) in [4.78, 5) is 4.29. The molecule has 0 amide bonds. The van der Waals surface area contributed by atoms with E-state index >= 15 is 0 Å². The molecule has 0 spiro atoms. The molecular formula is C15H26N2O.